The Morgan fingerprint density at radius 2 is 1.71 bits per heavy atom. The zero-order valence-electron chi connectivity index (χ0n) is 29.7. The van der Waals surface area contributed by atoms with Crippen molar-refractivity contribution in [2.75, 3.05) is 55.9 Å². The number of rotatable bonds is 13. The fraction of sp³-hybridized carbons (Fsp3) is 0.306. The number of ether oxygens (including phenoxy) is 3. The van der Waals surface area contributed by atoms with Crippen LogP contribution in [0.4, 0.5) is 36.5 Å². The number of aromatic nitrogens is 1. The number of pyridine rings is 1. The molecule has 0 aliphatic heterocycles. The molecule has 0 bridgehead atoms. The number of amides is 1. The summed E-state index contributed by atoms with van der Waals surface area (Å²) in [6, 6.07) is 15.7. The summed E-state index contributed by atoms with van der Waals surface area (Å²) in [4.78, 5) is 18.9. The average molecular weight is 757 g/mol. The van der Waals surface area contributed by atoms with Crippen LogP contribution < -0.4 is 24.0 Å². The minimum atomic E-state index is -4.73. The Labute approximate surface area is 307 Å². The van der Waals surface area contributed by atoms with Crippen molar-refractivity contribution in [2.45, 2.75) is 37.8 Å². The summed E-state index contributed by atoms with van der Waals surface area (Å²) in [5.74, 6) is -1.27. The number of likely N-dealkylation sites (N-methyl/N-ethyl adjacent to an activating group) is 2. The van der Waals surface area contributed by atoms with Gasteiger partial charge in [0.1, 0.15) is 39.4 Å². The van der Waals surface area contributed by atoms with Gasteiger partial charge in [-0.1, -0.05) is 11.6 Å². The number of hydrogen-bond acceptors (Lipinski definition) is 10. The van der Waals surface area contributed by atoms with Gasteiger partial charge in [-0.2, -0.15) is 5.26 Å². The molecule has 1 amide bonds. The molecule has 52 heavy (non-hydrogen) atoms. The van der Waals surface area contributed by atoms with Crippen LogP contribution in [-0.4, -0.2) is 71.4 Å². The molecule has 0 fully saturated rings. The topological polar surface area (TPSA) is 137 Å². The zero-order valence-corrected chi connectivity index (χ0v) is 31.3. The van der Waals surface area contributed by atoms with Crippen molar-refractivity contribution in [3.8, 4) is 17.6 Å². The van der Waals surface area contributed by atoms with Crippen molar-refractivity contribution in [3.05, 3.63) is 94.6 Å². The lowest BCUT2D eigenvalue weighted by Gasteiger charge is -2.28. The minimum absolute atomic E-state index is 0.0339. The highest BCUT2D eigenvalue weighted by Gasteiger charge is 2.31. The maximum absolute atomic E-state index is 16.0. The normalized spacial score (nSPS) is 11.3. The molecule has 0 radical (unpaired) electrons. The Kier molecular flexibility index (Phi) is 12.4. The number of carbonyl (C=O) groups excluding carboxylic acids is 1. The van der Waals surface area contributed by atoms with E-state index >= 15 is 4.39 Å². The van der Waals surface area contributed by atoms with Gasteiger partial charge in [-0.25, -0.2) is 31.3 Å². The third kappa shape index (κ3) is 9.51. The molecule has 4 aromatic rings. The molecule has 16 heteroatoms. The molecule has 0 aliphatic rings. The number of halogens is 3. The predicted molar refractivity (Wildman–Crippen MR) is 195 cm³/mol. The Hall–Kier alpha value is -5.33. The summed E-state index contributed by atoms with van der Waals surface area (Å²) in [5.41, 5.74) is 1.03. The number of nitrogens with zero attached hydrogens (tertiary/aromatic N) is 5. The lowest BCUT2D eigenvalue weighted by Crippen LogP contribution is -2.38. The maximum Gasteiger partial charge on any atom is 0.410 e. The largest absolute Gasteiger partial charge is 0.497 e. The summed E-state index contributed by atoms with van der Waals surface area (Å²) in [5, 5.41) is 12.5. The molecule has 1 N–H and O–H groups in total. The SMILES string of the molecule is COc1ccc(CN(c2ccc(F)cn2)S(=O)(=O)c2cc(Cl)c(Nc3ccc(C#N)cc3N(C)CCN(C)C(=O)OC(C)(C)C)cc2F)c(OC)c1. The van der Waals surface area contributed by atoms with Crippen molar-refractivity contribution >= 4 is 50.6 Å². The molecule has 0 saturated carbocycles. The highest BCUT2D eigenvalue weighted by atomic mass is 35.5. The molecule has 1 heterocycles. The van der Waals surface area contributed by atoms with E-state index in [0.717, 1.165) is 34.8 Å². The molecule has 1 aromatic heterocycles. The second kappa shape index (κ2) is 16.3. The van der Waals surface area contributed by atoms with Gasteiger partial charge in [0.05, 0.1) is 60.7 Å². The number of sulfonamides is 1. The number of nitriles is 1. The number of methoxy groups -OCH3 is 2. The van der Waals surface area contributed by atoms with Crippen molar-refractivity contribution in [1.29, 1.82) is 5.26 Å². The van der Waals surface area contributed by atoms with E-state index in [2.05, 4.69) is 16.4 Å². The molecule has 3 aromatic carbocycles. The van der Waals surface area contributed by atoms with E-state index in [1.54, 1.807) is 76.2 Å². The maximum atomic E-state index is 16.0. The monoisotopic (exact) mass is 756 g/mol. The lowest BCUT2D eigenvalue weighted by atomic mass is 10.1. The van der Waals surface area contributed by atoms with Gasteiger partial charge < -0.3 is 29.3 Å². The highest BCUT2D eigenvalue weighted by molar-refractivity contribution is 7.92. The minimum Gasteiger partial charge on any atom is -0.497 e. The van der Waals surface area contributed by atoms with Crippen molar-refractivity contribution in [2.24, 2.45) is 0 Å². The predicted octanol–water partition coefficient (Wildman–Crippen LogP) is 7.34. The summed E-state index contributed by atoms with van der Waals surface area (Å²) < 4.78 is 75.1. The number of hydrogen-bond donors (Lipinski definition) is 1. The van der Waals surface area contributed by atoms with Gasteiger partial charge >= 0.3 is 6.09 Å². The van der Waals surface area contributed by atoms with Crippen molar-refractivity contribution < 1.29 is 36.2 Å². The van der Waals surface area contributed by atoms with Crippen LogP contribution in [0.1, 0.15) is 31.9 Å². The highest BCUT2D eigenvalue weighted by Crippen LogP contribution is 2.37. The molecule has 0 spiro atoms. The van der Waals surface area contributed by atoms with Crippen LogP contribution >= 0.6 is 11.6 Å². The fourth-order valence-electron chi connectivity index (χ4n) is 4.90. The molecule has 0 saturated heterocycles. The molecule has 0 aliphatic carbocycles. The quantitative estimate of drug-likeness (QED) is 0.148. The standard InChI is InChI=1S/C36H39ClF2N6O6S/c1-36(2,3)51-35(46)44(5)15-14-43(4)31-16-23(20-40)8-12-29(31)42-30-19-28(39)33(18-27(30)37)52(47,48)45(34-13-10-25(38)21-41-34)22-24-9-11-26(49-6)17-32(24)50-7/h8-13,16-19,21,42H,14-15,22H2,1-7H3. The van der Waals surface area contributed by atoms with Crippen LogP contribution in [0, 0.1) is 23.0 Å². The van der Waals surface area contributed by atoms with E-state index in [1.165, 1.54) is 19.1 Å². The Morgan fingerprint density at radius 1 is 0.981 bits per heavy atom. The number of benzene rings is 3. The summed E-state index contributed by atoms with van der Waals surface area (Å²) >= 11 is 6.62. The van der Waals surface area contributed by atoms with Crippen LogP contribution in [0.25, 0.3) is 0 Å². The second-order valence-electron chi connectivity index (χ2n) is 12.6. The first-order valence-corrected chi connectivity index (χ1v) is 17.6. The molecular formula is C36H39ClF2N6O6S. The first-order chi connectivity index (χ1) is 24.5. The van der Waals surface area contributed by atoms with Crippen LogP contribution in [0.3, 0.4) is 0 Å². The van der Waals surface area contributed by atoms with E-state index in [-0.39, 0.29) is 29.6 Å². The third-order valence-corrected chi connectivity index (χ3v) is 9.73. The van der Waals surface area contributed by atoms with E-state index in [0.29, 0.717) is 40.5 Å². The smallest absolute Gasteiger partial charge is 0.410 e. The van der Waals surface area contributed by atoms with E-state index in [9.17, 15) is 22.9 Å². The first-order valence-electron chi connectivity index (χ1n) is 15.8. The molecule has 4 rings (SSSR count). The number of carbonyl (C=O) groups is 1. The molecule has 276 valence electrons. The third-order valence-electron chi connectivity index (χ3n) is 7.65. The summed E-state index contributed by atoms with van der Waals surface area (Å²) in [6.45, 7) is 5.53. The lowest BCUT2D eigenvalue weighted by molar-refractivity contribution is 0.0303. The zero-order chi connectivity index (χ0) is 38.4. The Bertz CT molecular complexity index is 2070. The van der Waals surface area contributed by atoms with Gasteiger partial charge in [-0.05, 0) is 69.3 Å². The first kappa shape index (κ1) is 39.5. The van der Waals surface area contributed by atoms with Gasteiger partial charge in [0.25, 0.3) is 10.0 Å². The van der Waals surface area contributed by atoms with E-state index < -0.39 is 38.2 Å². The van der Waals surface area contributed by atoms with Crippen LogP contribution in [0.15, 0.2) is 71.8 Å². The summed E-state index contributed by atoms with van der Waals surface area (Å²) in [7, 11) is 1.49. The van der Waals surface area contributed by atoms with E-state index in [4.69, 9.17) is 25.8 Å². The van der Waals surface area contributed by atoms with Gasteiger partial charge in [-0.3, -0.25) is 0 Å². The Morgan fingerprint density at radius 3 is 2.33 bits per heavy atom. The summed E-state index contributed by atoms with van der Waals surface area (Å²) in [6.07, 6.45) is 0.348. The van der Waals surface area contributed by atoms with Gasteiger partial charge in [0.15, 0.2) is 0 Å². The van der Waals surface area contributed by atoms with E-state index in [1.807, 2.05) is 0 Å². The fourth-order valence-corrected chi connectivity index (χ4v) is 6.65. The molecular weight excluding hydrogens is 718 g/mol. The molecule has 0 atom stereocenters. The number of nitrogens with one attached hydrogen (secondary N) is 1. The molecule has 0 unspecified atom stereocenters. The van der Waals surface area contributed by atoms with Crippen LogP contribution in [0.2, 0.25) is 5.02 Å². The van der Waals surface area contributed by atoms with Crippen molar-refractivity contribution in [3.63, 3.8) is 0 Å². The average Bonchev–Trinajstić information content (AvgIpc) is 3.10. The molecule has 12 nitrogen and oxygen atoms in total. The van der Waals surface area contributed by atoms with Gasteiger partial charge in [0, 0.05) is 44.9 Å². The van der Waals surface area contributed by atoms with Gasteiger partial charge in [0.2, 0.25) is 0 Å². The van der Waals surface area contributed by atoms with Crippen molar-refractivity contribution in [1.82, 2.24) is 9.88 Å². The van der Waals surface area contributed by atoms with Crippen LogP contribution in [-0.2, 0) is 21.3 Å². The number of anilines is 4. The second-order valence-corrected chi connectivity index (χ2v) is 14.8. The van der Waals surface area contributed by atoms with Gasteiger partial charge in [-0.15, -0.1) is 0 Å². The van der Waals surface area contributed by atoms with Crippen LogP contribution in [0.5, 0.6) is 11.5 Å². The Balaban J connectivity index is 1.67.